The van der Waals surface area contributed by atoms with Gasteiger partial charge in [-0.1, -0.05) is 0 Å². The third-order valence-electron chi connectivity index (χ3n) is 2.39. The summed E-state index contributed by atoms with van der Waals surface area (Å²) in [7, 11) is 0. The van der Waals surface area contributed by atoms with E-state index >= 15 is 0 Å². The summed E-state index contributed by atoms with van der Waals surface area (Å²) in [6, 6.07) is 0.120. The van der Waals surface area contributed by atoms with Crippen molar-refractivity contribution in [2.45, 2.75) is 52.2 Å². The Balaban J connectivity index is 2.57. The van der Waals surface area contributed by atoms with Crippen LogP contribution in [0.1, 0.15) is 40.5 Å². The number of likely N-dealkylation sites (tertiary alicyclic amines) is 1. The van der Waals surface area contributed by atoms with E-state index in [1.807, 2.05) is 33.9 Å². The molecule has 0 radical (unpaired) electrons. The van der Waals surface area contributed by atoms with E-state index in [0.29, 0.717) is 0 Å². The molecule has 1 aliphatic rings. The number of carbonyl (C=O) groups excluding carboxylic acids is 1. The minimum Gasteiger partial charge on any atom is -0.444 e. The molecule has 16 heavy (non-hydrogen) atoms. The summed E-state index contributed by atoms with van der Waals surface area (Å²) < 4.78 is 5.36. The van der Waals surface area contributed by atoms with Crippen molar-refractivity contribution >= 4 is 12.3 Å². The lowest BCUT2D eigenvalue weighted by Crippen LogP contribution is -2.40. The molecule has 1 aliphatic heterocycles. The molecule has 0 N–H and O–H groups in total. The van der Waals surface area contributed by atoms with Gasteiger partial charge >= 0.3 is 6.09 Å². The predicted molar refractivity (Wildman–Crippen MR) is 65.0 cm³/mol. The van der Waals surface area contributed by atoms with Gasteiger partial charge in [0.15, 0.2) is 0 Å². The largest absolute Gasteiger partial charge is 0.444 e. The highest BCUT2D eigenvalue weighted by molar-refractivity contribution is 5.76. The fraction of sp³-hybridized carbons (Fsp3) is 0.833. The van der Waals surface area contributed by atoms with E-state index in [2.05, 4.69) is 4.99 Å². The fourth-order valence-electron chi connectivity index (χ4n) is 1.72. The smallest absolute Gasteiger partial charge is 0.410 e. The topological polar surface area (TPSA) is 41.9 Å². The van der Waals surface area contributed by atoms with Gasteiger partial charge in [0.1, 0.15) is 5.60 Å². The van der Waals surface area contributed by atoms with E-state index in [-0.39, 0.29) is 12.1 Å². The van der Waals surface area contributed by atoms with E-state index in [1.54, 1.807) is 4.90 Å². The predicted octanol–water partition coefficient (Wildman–Crippen LogP) is 2.48. The SMILES string of the molecule is CCN=CC1CCCN1C(=O)OC(C)(C)C. The van der Waals surface area contributed by atoms with Crippen LogP contribution in [0.2, 0.25) is 0 Å². The second-order valence-electron chi connectivity index (χ2n) is 5.03. The van der Waals surface area contributed by atoms with Gasteiger partial charge in [0.25, 0.3) is 0 Å². The Kier molecular flexibility index (Phi) is 4.33. The Hall–Kier alpha value is -1.06. The van der Waals surface area contributed by atoms with Crippen LogP contribution >= 0.6 is 0 Å². The average Bonchev–Trinajstić information content (AvgIpc) is 2.59. The highest BCUT2D eigenvalue weighted by Gasteiger charge is 2.30. The number of nitrogens with zero attached hydrogens (tertiary/aromatic N) is 2. The van der Waals surface area contributed by atoms with Crippen molar-refractivity contribution in [3.05, 3.63) is 0 Å². The highest BCUT2D eigenvalue weighted by Crippen LogP contribution is 2.19. The zero-order chi connectivity index (χ0) is 12.2. The van der Waals surface area contributed by atoms with Crippen LogP contribution in [0.3, 0.4) is 0 Å². The summed E-state index contributed by atoms with van der Waals surface area (Å²) in [5, 5.41) is 0. The van der Waals surface area contributed by atoms with Crippen molar-refractivity contribution in [1.82, 2.24) is 4.90 Å². The maximum atomic E-state index is 11.9. The summed E-state index contributed by atoms with van der Waals surface area (Å²) in [4.78, 5) is 17.9. The molecule has 1 heterocycles. The average molecular weight is 226 g/mol. The van der Waals surface area contributed by atoms with Crippen LogP contribution in [0.25, 0.3) is 0 Å². The summed E-state index contributed by atoms with van der Waals surface area (Å²) in [5.74, 6) is 0. The first-order chi connectivity index (χ1) is 7.44. The van der Waals surface area contributed by atoms with Crippen molar-refractivity contribution in [3.63, 3.8) is 0 Å². The number of aliphatic imine (C=N–C) groups is 1. The Morgan fingerprint density at radius 3 is 2.81 bits per heavy atom. The first kappa shape index (κ1) is 13.0. The molecule has 0 bridgehead atoms. The van der Waals surface area contributed by atoms with Crippen LogP contribution in [0.5, 0.6) is 0 Å². The van der Waals surface area contributed by atoms with Crippen LogP contribution in [-0.2, 0) is 4.74 Å². The third-order valence-corrected chi connectivity index (χ3v) is 2.39. The van der Waals surface area contributed by atoms with E-state index in [9.17, 15) is 4.79 Å². The zero-order valence-corrected chi connectivity index (χ0v) is 10.7. The van der Waals surface area contributed by atoms with E-state index in [4.69, 9.17) is 4.74 Å². The molecule has 0 aliphatic carbocycles. The minimum absolute atomic E-state index is 0.120. The number of rotatable bonds is 2. The molecule has 1 fully saturated rings. The first-order valence-corrected chi connectivity index (χ1v) is 5.93. The lowest BCUT2D eigenvalue weighted by Gasteiger charge is -2.26. The lowest BCUT2D eigenvalue weighted by atomic mass is 10.2. The molecule has 0 aromatic carbocycles. The Bertz CT molecular complexity index is 269. The summed E-state index contributed by atoms with van der Waals surface area (Å²) in [6.07, 6.45) is 3.66. The van der Waals surface area contributed by atoms with Gasteiger partial charge in [-0.05, 0) is 40.5 Å². The lowest BCUT2D eigenvalue weighted by molar-refractivity contribution is 0.0268. The van der Waals surface area contributed by atoms with Gasteiger partial charge in [-0.15, -0.1) is 0 Å². The van der Waals surface area contributed by atoms with Crippen LogP contribution < -0.4 is 0 Å². The molecule has 4 heteroatoms. The quantitative estimate of drug-likeness (QED) is 0.679. The standard InChI is InChI=1S/C12H22N2O2/c1-5-13-9-10-7-6-8-14(10)11(15)16-12(2,3)4/h9-10H,5-8H2,1-4H3. The minimum atomic E-state index is -0.424. The monoisotopic (exact) mass is 226 g/mol. The number of amides is 1. The van der Waals surface area contributed by atoms with Gasteiger partial charge in [0.2, 0.25) is 0 Å². The van der Waals surface area contributed by atoms with E-state index in [1.165, 1.54) is 0 Å². The van der Waals surface area contributed by atoms with Crippen molar-refractivity contribution in [2.75, 3.05) is 13.1 Å². The molecule has 1 rings (SSSR count). The Labute approximate surface area is 97.7 Å². The molecule has 1 unspecified atom stereocenters. The van der Waals surface area contributed by atoms with Gasteiger partial charge in [0.05, 0.1) is 6.04 Å². The first-order valence-electron chi connectivity index (χ1n) is 5.93. The highest BCUT2D eigenvalue weighted by atomic mass is 16.6. The van der Waals surface area contributed by atoms with E-state index < -0.39 is 5.60 Å². The maximum Gasteiger partial charge on any atom is 0.410 e. The van der Waals surface area contributed by atoms with Crippen LogP contribution in [0, 0.1) is 0 Å². The van der Waals surface area contributed by atoms with Crippen LogP contribution in [-0.4, -0.2) is 41.9 Å². The molecule has 4 nitrogen and oxygen atoms in total. The van der Waals surface area contributed by atoms with Crippen molar-refractivity contribution < 1.29 is 9.53 Å². The second kappa shape index (κ2) is 5.32. The molecular weight excluding hydrogens is 204 g/mol. The molecule has 0 saturated carbocycles. The van der Waals surface area contributed by atoms with Crippen LogP contribution in [0.4, 0.5) is 4.79 Å². The van der Waals surface area contributed by atoms with Gasteiger partial charge in [-0.25, -0.2) is 4.79 Å². The van der Waals surface area contributed by atoms with E-state index in [0.717, 1.165) is 25.9 Å². The molecule has 0 aromatic rings. The normalized spacial score (nSPS) is 21.8. The van der Waals surface area contributed by atoms with Gasteiger partial charge in [0, 0.05) is 19.3 Å². The third kappa shape index (κ3) is 3.83. The maximum absolute atomic E-state index is 11.9. The fourth-order valence-corrected chi connectivity index (χ4v) is 1.72. The molecular formula is C12H22N2O2. The van der Waals surface area contributed by atoms with Gasteiger partial charge in [-0.2, -0.15) is 0 Å². The number of ether oxygens (including phenoxy) is 1. The van der Waals surface area contributed by atoms with Crippen molar-refractivity contribution in [2.24, 2.45) is 4.99 Å². The number of hydrogen-bond acceptors (Lipinski definition) is 3. The molecule has 0 spiro atoms. The molecule has 1 saturated heterocycles. The second-order valence-corrected chi connectivity index (χ2v) is 5.03. The van der Waals surface area contributed by atoms with Crippen molar-refractivity contribution in [3.8, 4) is 0 Å². The van der Waals surface area contributed by atoms with Gasteiger partial charge in [-0.3, -0.25) is 4.99 Å². The Morgan fingerprint density at radius 1 is 1.56 bits per heavy atom. The van der Waals surface area contributed by atoms with Crippen LogP contribution in [0.15, 0.2) is 4.99 Å². The molecule has 0 aromatic heterocycles. The summed E-state index contributed by atoms with van der Waals surface area (Å²) in [6.45, 7) is 9.18. The Morgan fingerprint density at radius 2 is 2.25 bits per heavy atom. The van der Waals surface area contributed by atoms with Crippen molar-refractivity contribution in [1.29, 1.82) is 0 Å². The molecule has 92 valence electrons. The number of hydrogen-bond donors (Lipinski definition) is 0. The zero-order valence-electron chi connectivity index (χ0n) is 10.7. The molecule has 1 amide bonds. The summed E-state index contributed by atoms with van der Waals surface area (Å²) >= 11 is 0. The van der Waals surface area contributed by atoms with Gasteiger partial charge < -0.3 is 9.64 Å². The molecule has 1 atom stereocenters. The number of carbonyl (C=O) groups is 1. The summed E-state index contributed by atoms with van der Waals surface area (Å²) in [5.41, 5.74) is -0.424.